The Labute approximate surface area is 184 Å². The van der Waals surface area contributed by atoms with Crippen molar-refractivity contribution in [1.29, 1.82) is 5.26 Å². The predicted octanol–water partition coefficient (Wildman–Crippen LogP) is 1.73. The van der Waals surface area contributed by atoms with Gasteiger partial charge in [0, 0.05) is 25.4 Å². The lowest BCUT2D eigenvalue weighted by molar-refractivity contribution is -0.123. The van der Waals surface area contributed by atoms with Crippen molar-refractivity contribution in [2.24, 2.45) is 13.0 Å². The Bertz CT molecular complexity index is 1240. The number of oxazole rings is 1. The molecule has 2 saturated heterocycles. The van der Waals surface area contributed by atoms with Gasteiger partial charge in [-0.25, -0.2) is 4.79 Å². The summed E-state index contributed by atoms with van der Waals surface area (Å²) in [5.74, 6) is -0.134. The first kappa shape index (κ1) is 20.5. The number of hydrogen-bond donors (Lipinski definition) is 2. The lowest BCUT2D eigenvalue weighted by atomic mass is 10.00. The Hall–Kier alpha value is -3.41. The molecule has 0 radical (unpaired) electrons. The van der Waals surface area contributed by atoms with Crippen LogP contribution in [0.15, 0.2) is 51.7 Å². The molecular weight excluding hydrogens is 408 g/mol. The number of fused-ring (bicyclic) bond motifs is 2. The first-order valence-corrected chi connectivity index (χ1v) is 10.7. The van der Waals surface area contributed by atoms with E-state index in [0.29, 0.717) is 31.1 Å². The molecule has 8 heteroatoms. The molecule has 0 aliphatic carbocycles. The number of ether oxygens (including phenoxy) is 1. The second-order valence-electron chi connectivity index (χ2n) is 8.56. The van der Waals surface area contributed by atoms with Crippen LogP contribution in [0, 0.1) is 17.2 Å². The summed E-state index contributed by atoms with van der Waals surface area (Å²) in [5.41, 5.74) is 4.21. The van der Waals surface area contributed by atoms with Crippen LogP contribution in [-0.4, -0.2) is 41.8 Å². The molecule has 2 aliphatic heterocycles. The number of benzene rings is 2. The molecule has 0 bridgehead atoms. The Morgan fingerprint density at radius 1 is 1.25 bits per heavy atom. The highest BCUT2D eigenvalue weighted by Gasteiger charge is 2.40. The van der Waals surface area contributed by atoms with Gasteiger partial charge in [0.1, 0.15) is 6.04 Å². The van der Waals surface area contributed by atoms with E-state index >= 15 is 0 Å². The number of nitrogens with zero attached hydrogens (tertiary/aromatic N) is 2. The van der Waals surface area contributed by atoms with Crippen molar-refractivity contribution >= 4 is 17.0 Å². The fourth-order valence-electron chi connectivity index (χ4n) is 4.60. The lowest BCUT2D eigenvalue weighted by Gasteiger charge is -2.17. The van der Waals surface area contributed by atoms with Crippen LogP contribution in [0.3, 0.4) is 0 Å². The number of amides is 1. The summed E-state index contributed by atoms with van der Waals surface area (Å²) in [5, 5.41) is 15.8. The van der Waals surface area contributed by atoms with Crippen LogP contribution < -0.4 is 16.4 Å². The largest absolute Gasteiger partial charge is 0.419 e. The molecule has 2 fully saturated rings. The number of aryl methyl sites for hydroxylation is 1. The summed E-state index contributed by atoms with van der Waals surface area (Å²) in [7, 11) is 1.68. The van der Waals surface area contributed by atoms with E-state index in [1.54, 1.807) is 13.1 Å². The zero-order valence-electron chi connectivity index (χ0n) is 17.7. The van der Waals surface area contributed by atoms with Crippen LogP contribution in [0.5, 0.6) is 0 Å². The number of carbonyl (C=O) groups is 1. The number of aromatic nitrogens is 1. The quantitative estimate of drug-likeness (QED) is 0.636. The van der Waals surface area contributed by atoms with E-state index < -0.39 is 6.04 Å². The van der Waals surface area contributed by atoms with Gasteiger partial charge in [-0.3, -0.25) is 9.36 Å². The van der Waals surface area contributed by atoms with Crippen molar-refractivity contribution in [3.8, 4) is 17.2 Å². The van der Waals surface area contributed by atoms with E-state index in [9.17, 15) is 14.9 Å². The molecule has 2 aliphatic rings. The fourth-order valence-corrected chi connectivity index (χ4v) is 4.60. The SMILES string of the molecule is Cn1c(=O)oc2ccc(-c3ccc(C[C@@H](C#N)NC(=O)[C@@H]4C[C@@H]5COC[C@@H]5N4)cc3)cc21. The molecule has 0 saturated carbocycles. The standard InChI is InChI=1S/C24H24N4O4/c1-28-21-10-16(6-7-22(21)32-24(28)30)15-4-2-14(3-5-15)8-18(11-25)26-23(29)19-9-17-12-31-13-20(17)27-19/h2-7,10,17-20,27H,8-9,12-13H2,1H3,(H,26,29)/t17-,18+,19+,20+/m1/s1. The molecular formula is C24H24N4O4. The minimum absolute atomic E-state index is 0.124. The van der Waals surface area contributed by atoms with E-state index in [4.69, 9.17) is 9.15 Å². The van der Waals surface area contributed by atoms with E-state index in [1.165, 1.54) is 4.57 Å². The van der Waals surface area contributed by atoms with Gasteiger partial charge in [0.15, 0.2) is 5.58 Å². The lowest BCUT2D eigenvalue weighted by Crippen LogP contribution is -2.47. The van der Waals surface area contributed by atoms with E-state index in [2.05, 4.69) is 16.7 Å². The Morgan fingerprint density at radius 3 is 2.78 bits per heavy atom. The molecule has 164 valence electrons. The highest BCUT2D eigenvalue weighted by molar-refractivity contribution is 5.83. The minimum Gasteiger partial charge on any atom is -0.408 e. The van der Waals surface area contributed by atoms with Crippen LogP contribution in [0.2, 0.25) is 0 Å². The summed E-state index contributed by atoms with van der Waals surface area (Å²) < 4.78 is 12.1. The maximum atomic E-state index is 12.6. The molecule has 1 amide bonds. The van der Waals surface area contributed by atoms with Crippen LogP contribution in [-0.2, 0) is 23.0 Å². The van der Waals surface area contributed by atoms with Crippen molar-refractivity contribution in [2.45, 2.75) is 31.0 Å². The van der Waals surface area contributed by atoms with Crippen molar-refractivity contribution in [1.82, 2.24) is 15.2 Å². The predicted molar refractivity (Wildman–Crippen MR) is 118 cm³/mol. The van der Waals surface area contributed by atoms with Crippen LogP contribution in [0.1, 0.15) is 12.0 Å². The molecule has 2 aromatic carbocycles. The van der Waals surface area contributed by atoms with Crippen LogP contribution >= 0.6 is 0 Å². The number of hydrogen-bond acceptors (Lipinski definition) is 6. The third-order valence-corrected chi connectivity index (χ3v) is 6.46. The average Bonchev–Trinajstić information content (AvgIpc) is 3.48. The Morgan fingerprint density at radius 2 is 2.03 bits per heavy atom. The third kappa shape index (κ3) is 3.81. The van der Waals surface area contributed by atoms with Crippen molar-refractivity contribution in [3.63, 3.8) is 0 Å². The van der Waals surface area contributed by atoms with Crippen LogP contribution in [0.4, 0.5) is 0 Å². The van der Waals surface area contributed by atoms with Gasteiger partial charge < -0.3 is 19.8 Å². The van der Waals surface area contributed by atoms with E-state index in [1.807, 2.05) is 36.4 Å². The van der Waals surface area contributed by atoms with Crippen molar-refractivity contribution in [3.05, 3.63) is 58.6 Å². The molecule has 3 heterocycles. The highest BCUT2D eigenvalue weighted by atomic mass is 16.5. The third-order valence-electron chi connectivity index (χ3n) is 6.46. The zero-order valence-corrected chi connectivity index (χ0v) is 17.7. The van der Waals surface area contributed by atoms with Crippen molar-refractivity contribution < 1.29 is 13.9 Å². The molecule has 1 aromatic heterocycles. The second kappa shape index (κ2) is 8.26. The maximum absolute atomic E-state index is 12.6. The zero-order chi connectivity index (χ0) is 22.2. The van der Waals surface area contributed by atoms with Gasteiger partial charge in [0.25, 0.3) is 0 Å². The van der Waals surface area contributed by atoms with Crippen molar-refractivity contribution in [2.75, 3.05) is 13.2 Å². The van der Waals surface area contributed by atoms with Gasteiger partial charge >= 0.3 is 5.76 Å². The molecule has 8 nitrogen and oxygen atoms in total. The smallest absolute Gasteiger partial charge is 0.408 e. The normalized spacial score (nSPS) is 23.1. The van der Waals surface area contributed by atoms with Gasteiger partial charge in [-0.1, -0.05) is 30.3 Å². The highest BCUT2D eigenvalue weighted by Crippen LogP contribution is 2.27. The van der Waals surface area contributed by atoms with Crippen LogP contribution in [0.25, 0.3) is 22.2 Å². The van der Waals surface area contributed by atoms with Gasteiger partial charge in [0.2, 0.25) is 5.91 Å². The molecule has 32 heavy (non-hydrogen) atoms. The van der Waals surface area contributed by atoms with Gasteiger partial charge in [-0.15, -0.1) is 0 Å². The summed E-state index contributed by atoms with van der Waals surface area (Å²) in [4.78, 5) is 24.3. The molecule has 0 spiro atoms. The topological polar surface area (TPSA) is 109 Å². The molecule has 5 rings (SSSR count). The number of nitriles is 1. The molecule has 4 atom stereocenters. The Balaban J connectivity index is 1.24. The van der Waals surface area contributed by atoms with Gasteiger partial charge in [-0.2, -0.15) is 5.26 Å². The van der Waals surface area contributed by atoms with Gasteiger partial charge in [0.05, 0.1) is 30.8 Å². The monoisotopic (exact) mass is 432 g/mol. The van der Waals surface area contributed by atoms with E-state index in [0.717, 1.165) is 28.6 Å². The number of rotatable bonds is 5. The summed E-state index contributed by atoms with van der Waals surface area (Å²) in [6.07, 6.45) is 1.18. The van der Waals surface area contributed by atoms with Gasteiger partial charge in [-0.05, 0) is 35.2 Å². The molecule has 3 aromatic rings. The maximum Gasteiger partial charge on any atom is 0.419 e. The number of carbonyl (C=O) groups excluding carboxylic acids is 1. The minimum atomic E-state index is -0.594. The number of nitrogens with one attached hydrogen (secondary N) is 2. The second-order valence-corrected chi connectivity index (χ2v) is 8.56. The van der Waals surface area contributed by atoms with E-state index in [-0.39, 0.29) is 23.7 Å². The Kier molecular flexibility index (Phi) is 5.29. The summed E-state index contributed by atoms with van der Waals surface area (Å²) >= 11 is 0. The summed E-state index contributed by atoms with van der Waals surface area (Å²) in [6.45, 7) is 1.34. The molecule has 2 N–H and O–H groups in total. The fraction of sp³-hybridized carbons (Fsp3) is 0.375. The molecule has 0 unspecified atom stereocenters. The summed E-state index contributed by atoms with van der Waals surface area (Å²) in [6, 6.07) is 15.1. The average molecular weight is 432 g/mol. The first-order chi connectivity index (χ1) is 15.5. The first-order valence-electron chi connectivity index (χ1n) is 10.7.